The Bertz CT molecular complexity index is 937. The molecule has 0 aliphatic heterocycles. The SMILES string of the molecule is Cc1ccc(C)c(Nc2cc(N)nn3cc(C4CCC(N)CC4)nc23)c1. The molecular formula is C20H26N6. The van der Waals surface area contributed by atoms with Gasteiger partial charge in [0.15, 0.2) is 5.65 Å². The van der Waals surface area contributed by atoms with Crippen LogP contribution >= 0.6 is 0 Å². The molecule has 0 amide bonds. The predicted octanol–water partition coefficient (Wildman–Crippen LogP) is 3.66. The zero-order valence-corrected chi connectivity index (χ0v) is 15.4. The van der Waals surface area contributed by atoms with Gasteiger partial charge in [-0.3, -0.25) is 0 Å². The van der Waals surface area contributed by atoms with E-state index in [0.717, 1.165) is 48.4 Å². The lowest BCUT2D eigenvalue weighted by Crippen LogP contribution is -2.25. The second-order valence-corrected chi connectivity index (χ2v) is 7.47. The summed E-state index contributed by atoms with van der Waals surface area (Å²) in [5, 5.41) is 7.91. The van der Waals surface area contributed by atoms with E-state index in [-0.39, 0.29) is 0 Å². The number of hydrogen-bond acceptors (Lipinski definition) is 5. The van der Waals surface area contributed by atoms with Crippen LogP contribution in [0.1, 0.15) is 48.4 Å². The van der Waals surface area contributed by atoms with Gasteiger partial charge in [0.1, 0.15) is 5.82 Å². The van der Waals surface area contributed by atoms with Crippen LogP contribution < -0.4 is 16.8 Å². The Morgan fingerprint density at radius 2 is 1.85 bits per heavy atom. The van der Waals surface area contributed by atoms with Crippen LogP contribution in [0.15, 0.2) is 30.5 Å². The molecular weight excluding hydrogens is 324 g/mol. The van der Waals surface area contributed by atoms with Crippen molar-refractivity contribution < 1.29 is 0 Å². The van der Waals surface area contributed by atoms with E-state index in [2.05, 4.69) is 42.5 Å². The molecule has 1 aliphatic rings. The van der Waals surface area contributed by atoms with Gasteiger partial charge in [-0.2, -0.15) is 0 Å². The van der Waals surface area contributed by atoms with Crippen molar-refractivity contribution in [3.63, 3.8) is 0 Å². The zero-order chi connectivity index (χ0) is 18.3. The number of anilines is 3. The standard InChI is InChI=1S/C20H26N6/c1-12-3-4-13(2)16(9-12)23-17-10-19(22)25-26-11-18(24-20(17)26)14-5-7-15(21)8-6-14/h3-4,9-11,14-15,23H,5-8,21H2,1-2H3,(H2,22,25). The van der Waals surface area contributed by atoms with Gasteiger partial charge in [0.25, 0.3) is 0 Å². The van der Waals surface area contributed by atoms with Crippen molar-refractivity contribution in [2.75, 3.05) is 11.1 Å². The van der Waals surface area contributed by atoms with E-state index >= 15 is 0 Å². The Morgan fingerprint density at radius 1 is 1.08 bits per heavy atom. The Labute approximate surface area is 153 Å². The Kier molecular flexibility index (Phi) is 4.28. The number of hydrogen-bond donors (Lipinski definition) is 3. The lowest BCUT2D eigenvalue weighted by Gasteiger charge is -2.24. The number of nitrogens with two attached hydrogens (primary N) is 2. The summed E-state index contributed by atoms with van der Waals surface area (Å²) in [5.74, 6) is 0.922. The first-order chi connectivity index (χ1) is 12.5. The van der Waals surface area contributed by atoms with Crippen molar-refractivity contribution >= 4 is 22.8 Å². The molecule has 3 aromatic rings. The van der Waals surface area contributed by atoms with Crippen LogP contribution in [0.4, 0.5) is 17.2 Å². The highest BCUT2D eigenvalue weighted by Crippen LogP contribution is 2.33. The molecule has 1 saturated carbocycles. The molecule has 0 spiro atoms. The minimum atomic E-state index is 0.332. The number of aromatic nitrogens is 3. The minimum Gasteiger partial charge on any atom is -0.382 e. The highest BCUT2D eigenvalue weighted by atomic mass is 15.3. The molecule has 2 heterocycles. The smallest absolute Gasteiger partial charge is 0.177 e. The maximum absolute atomic E-state index is 6.04. The number of nitrogens with one attached hydrogen (secondary N) is 1. The lowest BCUT2D eigenvalue weighted by atomic mass is 9.85. The van der Waals surface area contributed by atoms with Crippen LogP contribution in [-0.2, 0) is 0 Å². The van der Waals surface area contributed by atoms with Crippen molar-refractivity contribution in [3.8, 4) is 0 Å². The number of aryl methyl sites for hydroxylation is 2. The Hall–Kier alpha value is -2.60. The van der Waals surface area contributed by atoms with Gasteiger partial charge >= 0.3 is 0 Å². The van der Waals surface area contributed by atoms with E-state index in [1.807, 2.05) is 12.3 Å². The fraction of sp³-hybridized carbons (Fsp3) is 0.400. The van der Waals surface area contributed by atoms with E-state index in [9.17, 15) is 0 Å². The maximum Gasteiger partial charge on any atom is 0.177 e. The molecule has 1 fully saturated rings. The van der Waals surface area contributed by atoms with Gasteiger partial charge in [0, 0.05) is 23.7 Å². The molecule has 5 N–H and O–H groups in total. The topological polar surface area (TPSA) is 94.3 Å². The first kappa shape index (κ1) is 16.8. The van der Waals surface area contributed by atoms with E-state index < -0.39 is 0 Å². The zero-order valence-electron chi connectivity index (χ0n) is 15.4. The van der Waals surface area contributed by atoms with Crippen molar-refractivity contribution in [2.45, 2.75) is 51.5 Å². The number of nitrogen functional groups attached to an aromatic ring is 1. The van der Waals surface area contributed by atoms with Crippen LogP contribution in [0.2, 0.25) is 0 Å². The van der Waals surface area contributed by atoms with Gasteiger partial charge in [-0.05, 0) is 56.7 Å². The third kappa shape index (κ3) is 3.24. The number of fused-ring (bicyclic) bond motifs is 1. The number of imidazole rings is 1. The molecule has 2 aromatic heterocycles. The summed E-state index contributed by atoms with van der Waals surface area (Å²) in [6.07, 6.45) is 6.30. The lowest BCUT2D eigenvalue weighted by molar-refractivity contribution is 0.391. The fourth-order valence-corrected chi connectivity index (χ4v) is 3.73. The summed E-state index contributed by atoms with van der Waals surface area (Å²) in [6, 6.07) is 8.54. The van der Waals surface area contributed by atoms with Crippen LogP contribution in [-0.4, -0.2) is 20.6 Å². The number of benzene rings is 1. The normalized spacial score (nSPS) is 20.4. The van der Waals surface area contributed by atoms with E-state index in [1.165, 1.54) is 11.1 Å². The molecule has 6 heteroatoms. The molecule has 1 aliphatic carbocycles. The largest absolute Gasteiger partial charge is 0.382 e. The average molecular weight is 350 g/mol. The first-order valence-electron chi connectivity index (χ1n) is 9.25. The summed E-state index contributed by atoms with van der Waals surface area (Å²) in [5.41, 5.74) is 18.3. The number of nitrogens with zero attached hydrogens (tertiary/aromatic N) is 3. The molecule has 0 unspecified atom stereocenters. The molecule has 26 heavy (non-hydrogen) atoms. The summed E-state index contributed by atoms with van der Waals surface area (Å²) < 4.78 is 1.80. The molecule has 6 nitrogen and oxygen atoms in total. The third-order valence-corrected chi connectivity index (χ3v) is 5.32. The van der Waals surface area contributed by atoms with Crippen molar-refractivity contribution in [1.29, 1.82) is 0 Å². The molecule has 4 rings (SSSR count). The first-order valence-corrected chi connectivity index (χ1v) is 9.25. The highest BCUT2D eigenvalue weighted by molar-refractivity contribution is 5.77. The fourth-order valence-electron chi connectivity index (χ4n) is 3.73. The van der Waals surface area contributed by atoms with Gasteiger partial charge in [-0.15, -0.1) is 5.10 Å². The second-order valence-electron chi connectivity index (χ2n) is 7.47. The van der Waals surface area contributed by atoms with Gasteiger partial charge in [-0.25, -0.2) is 9.50 Å². The second kappa shape index (κ2) is 6.61. The van der Waals surface area contributed by atoms with E-state index in [4.69, 9.17) is 16.5 Å². The van der Waals surface area contributed by atoms with Crippen LogP contribution in [0, 0.1) is 13.8 Å². The Balaban J connectivity index is 1.71. The maximum atomic E-state index is 6.04. The Morgan fingerprint density at radius 3 is 2.62 bits per heavy atom. The third-order valence-electron chi connectivity index (χ3n) is 5.32. The molecule has 0 atom stereocenters. The summed E-state index contributed by atoms with van der Waals surface area (Å²) in [4.78, 5) is 4.89. The van der Waals surface area contributed by atoms with E-state index in [0.29, 0.717) is 17.8 Å². The monoisotopic (exact) mass is 350 g/mol. The van der Waals surface area contributed by atoms with E-state index in [1.54, 1.807) is 4.52 Å². The van der Waals surface area contributed by atoms with Crippen molar-refractivity contribution in [1.82, 2.24) is 14.6 Å². The van der Waals surface area contributed by atoms with Crippen LogP contribution in [0.5, 0.6) is 0 Å². The summed E-state index contributed by atoms with van der Waals surface area (Å²) in [7, 11) is 0. The van der Waals surface area contributed by atoms with Gasteiger partial charge in [0.2, 0.25) is 0 Å². The number of rotatable bonds is 3. The molecule has 1 aromatic carbocycles. The highest BCUT2D eigenvalue weighted by Gasteiger charge is 2.23. The molecule has 0 bridgehead atoms. The summed E-state index contributed by atoms with van der Waals surface area (Å²) >= 11 is 0. The van der Waals surface area contributed by atoms with Gasteiger partial charge < -0.3 is 16.8 Å². The average Bonchev–Trinajstić information content (AvgIpc) is 3.03. The van der Waals surface area contributed by atoms with Crippen LogP contribution in [0.25, 0.3) is 5.65 Å². The predicted molar refractivity (Wildman–Crippen MR) is 106 cm³/mol. The molecule has 0 saturated heterocycles. The minimum absolute atomic E-state index is 0.332. The molecule has 136 valence electrons. The van der Waals surface area contributed by atoms with Crippen molar-refractivity contribution in [2.24, 2.45) is 5.73 Å². The van der Waals surface area contributed by atoms with Crippen molar-refractivity contribution in [3.05, 3.63) is 47.3 Å². The quantitative estimate of drug-likeness (QED) is 0.670. The summed E-state index contributed by atoms with van der Waals surface area (Å²) in [6.45, 7) is 4.17. The van der Waals surface area contributed by atoms with Crippen LogP contribution in [0.3, 0.4) is 0 Å². The molecule has 0 radical (unpaired) electrons. The van der Waals surface area contributed by atoms with Gasteiger partial charge in [-0.1, -0.05) is 12.1 Å². The van der Waals surface area contributed by atoms with Gasteiger partial charge in [0.05, 0.1) is 17.6 Å².